The standard InChI is InChI=1S/C36H29BrN2O6/c37-27-18-29(41)32-26(34(27)42)17-25-23(33(32)31-22-4-2-1-3-19(22)5-12-28(31)40)10-11-24-30(25)36(44)39(35(24)43)21-8-6-20(7-9-21)38-13-15-45-16-14-38/h1-10,12,18,24-25,30,33,40H,11,13-17H2. The fourth-order valence-corrected chi connectivity index (χ4v) is 8.46. The maximum atomic E-state index is 14.3. The van der Waals surface area contributed by atoms with Crippen LogP contribution in [0.25, 0.3) is 10.8 Å². The highest BCUT2D eigenvalue weighted by atomic mass is 79.9. The molecule has 5 aliphatic rings. The number of hydrogen-bond acceptors (Lipinski definition) is 7. The van der Waals surface area contributed by atoms with Gasteiger partial charge in [-0.2, -0.15) is 0 Å². The number of rotatable bonds is 3. The second kappa shape index (κ2) is 10.6. The number of benzene rings is 3. The summed E-state index contributed by atoms with van der Waals surface area (Å²) in [6.45, 7) is 2.86. The first-order valence-corrected chi connectivity index (χ1v) is 16.0. The molecule has 2 fully saturated rings. The molecule has 8 rings (SSSR count). The molecule has 2 amide bonds. The number of Topliss-reactive ketones (excluding diaryl/α,β-unsaturated/α-hetero) is 1. The van der Waals surface area contributed by atoms with Gasteiger partial charge in [-0.25, -0.2) is 0 Å². The van der Waals surface area contributed by atoms with Crippen molar-refractivity contribution < 1.29 is 29.0 Å². The van der Waals surface area contributed by atoms with Crippen molar-refractivity contribution in [3.8, 4) is 5.75 Å². The second-order valence-electron chi connectivity index (χ2n) is 12.2. The van der Waals surface area contributed by atoms with Gasteiger partial charge in [0.25, 0.3) is 0 Å². The van der Waals surface area contributed by atoms with E-state index >= 15 is 0 Å². The number of hydrogen-bond donors (Lipinski definition) is 1. The molecule has 226 valence electrons. The van der Waals surface area contributed by atoms with E-state index in [1.807, 2.05) is 60.7 Å². The van der Waals surface area contributed by atoms with E-state index in [-0.39, 0.29) is 40.0 Å². The summed E-state index contributed by atoms with van der Waals surface area (Å²) in [6.07, 6.45) is 3.77. The third-order valence-electron chi connectivity index (χ3n) is 10.1. The predicted molar refractivity (Wildman–Crippen MR) is 172 cm³/mol. The van der Waals surface area contributed by atoms with Crippen molar-refractivity contribution in [2.45, 2.75) is 18.8 Å². The Morgan fingerprint density at radius 2 is 1.58 bits per heavy atom. The lowest BCUT2D eigenvalue weighted by Gasteiger charge is -2.42. The first-order chi connectivity index (χ1) is 21.8. The Bertz CT molecular complexity index is 1920. The Morgan fingerprint density at radius 3 is 2.36 bits per heavy atom. The third-order valence-corrected chi connectivity index (χ3v) is 10.6. The minimum Gasteiger partial charge on any atom is -0.508 e. The van der Waals surface area contributed by atoms with Crippen LogP contribution in [-0.2, 0) is 23.9 Å². The number of ether oxygens (including phenoxy) is 1. The summed E-state index contributed by atoms with van der Waals surface area (Å²) in [5.74, 6) is -3.64. The van der Waals surface area contributed by atoms with Crippen LogP contribution in [0.2, 0.25) is 0 Å². The fourth-order valence-electron chi connectivity index (χ4n) is 8.01. The molecular weight excluding hydrogens is 636 g/mol. The molecule has 3 aromatic rings. The molecule has 0 bridgehead atoms. The Balaban J connectivity index is 1.22. The van der Waals surface area contributed by atoms with Crippen LogP contribution < -0.4 is 9.80 Å². The largest absolute Gasteiger partial charge is 0.508 e. The average Bonchev–Trinajstić information content (AvgIpc) is 3.32. The van der Waals surface area contributed by atoms with Crippen LogP contribution in [-0.4, -0.2) is 54.8 Å². The number of allylic oxidation sites excluding steroid dienone is 6. The minimum atomic E-state index is -0.733. The molecule has 3 aromatic carbocycles. The minimum absolute atomic E-state index is 0.0129. The summed E-state index contributed by atoms with van der Waals surface area (Å²) in [6, 6.07) is 18.5. The van der Waals surface area contributed by atoms with E-state index in [9.17, 15) is 24.3 Å². The maximum absolute atomic E-state index is 14.3. The van der Waals surface area contributed by atoms with Crippen molar-refractivity contribution in [3.63, 3.8) is 0 Å². The van der Waals surface area contributed by atoms with Gasteiger partial charge in [0.15, 0.2) is 11.6 Å². The fraction of sp³-hybridized carbons (Fsp3) is 0.278. The van der Waals surface area contributed by atoms with E-state index in [0.29, 0.717) is 42.0 Å². The van der Waals surface area contributed by atoms with Crippen molar-refractivity contribution in [1.82, 2.24) is 0 Å². The number of carbonyl (C=O) groups excluding carboxylic acids is 4. The Morgan fingerprint density at radius 1 is 0.844 bits per heavy atom. The van der Waals surface area contributed by atoms with Crippen LogP contribution in [0.5, 0.6) is 5.75 Å². The second-order valence-corrected chi connectivity index (χ2v) is 13.1. The predicted octanol–water partition coefficient (Wildman–Crippen LogP) is 5.35. The van der Waals surface area contributed by atoms with Gasteiger partial charge in [-0.1, -0.05) is 42.0 Å². The van der Waals surface area contributed by atoms with Gasteiger partial charge in [0.05, 0.1) is 35.2 Å². The summed E-state index contributed by atoms with van der Waals surface area (Å²) < 4.78 is 5.63. The van der Waals surface area contributed by atoms with Crippen molar-refractivity contribution in [3.05, 3.63) is 99.6 Å². The molecule has 2 heterocycles. The van der Waals surface area contributed by atoms with E-state index in [2.05, 4.69) is 20.8 Å². The van der Waals surface area contributed by atoms with Gasteiger partial charge in [-0.05, 0) is 75.8 Å². The highest BCUT2D eigenvalue weighted by Gasteiger charge is 2.57. The third kappa shape index (κ3) is 4.28. The zero-order valence-corrected chi connectivity index (χ0v) is 25.8. The highest BCUT2D eigenvalue weighted by Crippen LogP contribution is 2.57. The van der Waals surface area contributed by atoms with Crippen molar-refractivity contribution in [2.75, 3.05) is 36.1 Å². The number of imide groups is 1. The number of carbonyl (C=O) groups is 4. The van der Waals surface area contributed by atoms with Gasteiger partial charge in [-0.3, -0.25) is 24.1 Å². The normalized spacial score (nSPS) is 26.5. The van der Waals surface area contributed by atoms with E-state index in [0.717, 1.165) is 35.1 Å². The van der Waals surface area contributed by atoms with Crippen LogP contribution in [0, 0.1) is 17.8 Å². The zero-order chi connectivity index (χ0) is 31.0. The Kier molecular flexibility index (Phi) is 6.65. The zero-order valence-electron chi connectivity index (χ0n) is 24.2. The number of ketones is 2. The van der Waals surface area contributed by atoms with Crippen LogP contribution in [0.4, 0.5) is 11.4 Å². The molecule has 2 aliphatic heterocycles. The van der Waals surface area contributed by atoms with Crippen molar-refractivity contribution in [2.24, 2.45) is 17.8 Å². The summed E-state index contributed by atoms with van der Waals surface area (Å²) in [7, 11) is 0. The molecule has 0 aromatic heterocycles. The lowest BCUT2D eigenvalue weighted by atomic mass is 9.59. The molecule has 0 spiro atoms. The first kappa shape index (κ1) is 28.2. The van der Waals surface area contributed by atoms with Crippen molar-refractivity contribution >= 4 is 61.5 Å². The number of aromatic hydroxyl groups is 1. The molecule has 8 nitrogen and oxygen atoms in total. The van der Waals surface area contributed by atoms with Gasteiger partial charge in [0.2, 0.25) is 11.8 Å². The van der Waals surface area contributed by atoms with E-state index in [1.165, 1.54) is 11.0 Å². The number of fused-ring (bicyclic) bond motifs is 4. The molecule has 0 radical (unpaired) electrons. The molecule has 45 heavy (non-hydrogen) atoms. The Hall–Kier alpha value is -4.34. The van der Waals surface area contributed by atoms with Crippen molar-refractivity contribution in [1.29, 1.82) is 0 Å². The lowest BCUT2D eigenvalue weighted by Crippen LogP contribution is -2.39. The van der Waals surface area contributed by atoms with E-state index in [1.54, 1.807) is 6.07 Å². The molecular formula is C36H29BrN2O6. The van der Waals surface area contributed by atoms with Gasteiger partial charge in [-0.15, -0.1) is 0 Å². The summed E-state index contributed by atoms with van der Waals surface area (Å²) in [5, 5.41) is 13.0. The number of phenolic OH excluding ortho intramolecular Hbond substituents is 1. The summed E-state index contributed by atoms with van der Waals surface area (Å²) >= 11 is 3.28. The maximum Gasteiger partial charge on any atom is 0.238 e. The number of nitrogens with zero attached hydrogens (tertiary/aromatic N) is 2. The number of halogens is 1. The number of morpholine rings is 1. The number of amides is 2. The highest BCUT2D eigenvalue weighted by molar-refractivity contribution is 9.12. The summed E-state index contributed by atoms with van der Waals surface area (Å²) in [4.78, 5) is 59.0. The molecule has 3 aliphatic carbocycles. The number of phenols is 1. The quantitative estimate of drug-likeness (QED) is 0.229. The molecule has 4 unspecified atom stereocenters. The van der Waals surface area contributed by atoms with Gasteiger partial charge < -0.3 is 14.7 Å². The summed E-state index contributed by atoms with van der Waals surface area (Å²) in [5.41, 5.74) is 3.54. The molecule has 4 atom stereocenters. The van der Waals surface area contributed by atoms with E-state index in [4.69, 9.17) is 4.74 Å². The SMILES string of the molecule is O=C1C=C(Br)C(=O)C2=C1C(c1c(O)ccc3ccccc13)C1=CCC3C(=O)N(c4ccc(N5CCOCC5)cc4)C(=O)C3C1C2. The van der Waals surface area contributed by atoms with Gasteiger partial charge in [0.1, 0.15) is 5.75 Å². The average molecular weight is 666 g/mol. The Labute approximate surface area is 267 Å². The molecule has 9 heteroatoms. The lowest BCUT2D eigenvalue weighted by molar-refractivity contribution is -0.123. The van der Waals surface area contributed by atoms with Gasteiger partial charge >= 0.3 is 0 Å². The van der Waals surface area contributed by atoms with E-state index < -0.39 is 23.7 Å². The van der Waals surface area contributed by atoms with Crippen LogP contribution >= 0.6 is 15.9 Å². The molecule has 0 saturated carbocycles. The van der Waals surface area contributed by atoms with Crippen LogP contribution in [0.1, 0.15) is 24.3 Å². The first-order valence-electron chi connectivity index (χ1n) is 15.2. The van der Waals surface area contributed by atoms with Gasteiger partial charge in [0, 0.05) is 47.5 Å². The monoisotopic (exact) mass is 664 g/mol. The molecule has 1 N–H and O–H groups in total. The number of anilines is 2. The topological polar surface area (TPSA) is 104 Å². The smallest absolute Gasteiger partial charge is 0.238 e. The van der Waals surface area contributed by atoms with Crippen LogP contribution in [0.3, 0.4) is 0 Å². The molecule has 2 saturated heterocycles. The van der Waals surface area contributed by atoms with Crippen LogP contribution in [0.15, 0.2) is 94.0 Å².